The van der Waals surface area contributed by atoms with Crippen molar-refractivity contribution in [3.05, 3.63) is 71.8 Å². The van der Waals surface area contributed by atoms with Gasteiger partial charge in [-0.05, 0) is 22.7 Å². The van der Waals surface area contributed by atoms with Crippen molar-refractivity contribution in [1.29, 1.82) is 0 Å². The highest BCUT2D eigenvalue weighted by atomic mass is 35.5. The van der Waals surface area contributed by atoms with Gasteiger partial charge in [-0.1, -0.05) is 60.7 Å². The lowest BCUT2D eigenvalue weighted by Crippen LogP contribution is -2.23. The molecule has 0 aromatic heterocycles. The zero-order chi connectivity index (χ0) is 13.9. The van der Waals surface area contributed by atoms with Crippen molar-refractivity contribution >= 4 is 17.0 Å². The maximum atomic E-state index is 11.5. The number of nitrogens with zero attached hydrogens (tertiary/aromatic N) is 1. The van der Waals surface area contributed by atoms with E-state index in [1.807, 2.05) is 36.4 Å². The Kier molecular flexibility index (Phi) is 3.75. The number of amides is 1. The predicted molar refractivity (Wildman–Crippen MR) is 81.2 cm³/mol. The Morgan fingerprint density at radius 3 is 1.60 bits per heavy atom. The van der Waals surface area contributed by atoms with E-state index in [1.165, 1.54) is 11.1 Å². The number of rotatable bonds is 2. The van der Waals surface area contributed by atoms with Crippen molar-refractivity contribution in [3.63, 3.8) is 0 Å². The van der Waals surface area contributed by atoms with Crippen LogP contribution in [0.3, 0.4) is 0 Å². The molecule has 2 unspecified atom stereocenters. The first-order valence-electron chi connectivity index (χ1n) is 6.80. The lowest BCUT2D eigenvalue weighted by molar-refractivity contribution is 0.231. The van der Waals surface area contributed by atoms with Crippen LogP contribution in [0, 0.1) is 0 Å². The summed E-state index contributed by atoms with van der Waals surface area (Å²) >= 11 is 5.68. The first kappa shape index (κ1) is 13.2. The van der Waals surface area contributed by atoms with Crippen molar-refractivity contribution in [2.75, 3.05) is 13.1 Å². The molecule has 1 amide bonds. The van der Waals surface area contributed by atoms with Gasteiger partial charge in [-0.15, -0.1) is 0 Å². The molecule has 1 aliphatic rings. The monoisotopic (exact) mass is 285 g/mol. The van der Waals surface area contributed by atoms with Gasteiger partial charge in [0, 0.05) is 24.9 Å². The summed E-state index contributed by atoms with van der Waals surface area (Å²) in [4.78, 5) is 13.2. The highest BCUT2D eigenvalue weighted by Crippen LogP contribution is 2.39. The summed E-state index contributed by atoms with van der Waals surface area (Å²) < 4.78 is 0. The fraction of sp³-hybridized carbons (Fsp3) is 0.235. The number of hydrogen-bond donors (Lipinski definition) is 0. The summed E-state index contributed by atoms with van der Waals surface area (Å²) in [5.41, 5.74) is 2.53. The molecule has 2 nitrogen and oxygen atoms in total. The largest absolute Gasteiger partial charge is 0.328 e. The van der Waals surface area contributed by atoms with E-state index in [2.05, 4.69) is 24.3 Å². The minimum atomic E-state index is -0.357. The SMILES string of the molecule is O=C(Cl)N1CC(c2ccccc2)C(c2ccccc2)C1. The lowest BCUT2D eigenvalue weighted by Gasteiger charge is -2.18. The van der Waals surface area contributed by atoms with Gasteiger partial charge in [-0.25, -0.2) is 0 Å². The van der Waals surface area contributed by atoms with Crippen LogP contribution in [0.15, 0.2) is 60.7 Å². The third-order valence-electron chi connectivity index (χ3n) is 4.02. The Bertz CT molecular complexity index is 537. The van der Waals surface area contributed by atoms with Crippen LogP contribution < -0.4 is 0 Å². The van der Waals surface area contributed by atoms with E-state index in [0.29, 0.717) is 24.9 Å². The van der Waals surface area contributed by atoms with Crippen LogP contribution in [0.1, 0.15) is 23.0 Å². The molecule has 1 aliphatic heterocycles. The van der Waals surface area contributed by atoms with Crippen LogP contribution in [0.4, 0.5) is 4.79 Å². The van der Waals surface area contributed by atoms with Gasteiger partial charge in [0.2, 0.25) is 0 Å². The van der Waals surface area contributed by atoms with Crippen molar-refractivity contribution < 1.29 is 4.79 Å². The molecular weight excluding hydrogens is 270 g/mol. The smallest absolute Gasteiger partial charge is 0.316 e. The van der Waals surface area contributed by atoms with Crippen molar-refractivity contribution in [2.45, 2.75) is 11.8 Å². The molecule has 3 heteroatoms. The first-order valence-corrected chi connectivity index (χ1v) is 7.18. The average Bonchev–Trinajstić information content (AvgIpc) is 2.94. The maximum absolute atomic E-state index is 11.5. The van der Waals surface area contributed by atoms with Gasteiger partial charge >= 0.3 is 5.37 Å². The highest BCUT2D eigenvalue weighted by molar-refractivity contribution is 6.62. The van der Waals surface area contributed by atoms with Crippen LogP contribution in [0.5, 0.6) is 0 Å². The number of hydrogen-bond acceptors (Lipinski definition) is 1. The Hall–Kier alpha value is -1.80. The van der Waals surface area contributed by atoms with Gasteiger partial charge in [-0.2, -0.15) is 0 Å². The summed E-state index contributed by atoms with van der Waals surface area (Å²) in [5, 5.41) is -0.357. The lowest BCUT2D eigenvalue weighted by atomic mass is 9.84. The maximum Gasteiger partial charge on any atom is 0.316 e. The Labute approximate surface area is 124 Å². The van der Waals surface area contributed by atoms with Gasteiger partial charge in [0.1, 0.15) is 0 Å². The second kappa shape index (κ2) is 5.68. The minimum absolute atomic E-state index is 0.307. The standard InChI is InChI=1S/C17H16ClNO/c18-17(20)19-11-15(13-7-3-1-4-8-13)16(12-19)14-9-5-2-6-10-14/h1-10,15-16H,11-12H2. The number of carbonyl (C=O) groups excluding carboxylic acids is 1. The average molecular weight is 286 g/mol. The summed E-state index contributed by atoms with van der Waals surface area (Å²) in [5.74, 6) is 0.614. The Balaban J connectivity index is 1.95. The third kappa shape index (κ3) is 2.56. The van der Waals surface area contributed by atoms with Gasteiger partial charge in [0.25, 0.3) is 0 Å². The van der Waals surface area contributed by atoms with Crippen molar-refractivity contribution in [2.24, 2.45) is 0 Å². The van der Waals surface area contributed by atoms with Crippen LogP contribution in [-0.4, -0.2) is 23.4 Å². The summed E-state index contributed by atoms with van der Waals surface area (Å²) in [7, 11) is 0. The molecule has 2 aromatic rings. The fourth-order valence-electron chi connectivity index (χ4n) is 3.02. The molecule has 1 heterocycles. The molecule has 0 N–H and O–H groups in total. The van der Waals surface area contributed by atoms with E-state index in [9.17, 15) is 4.79 Å². The summed E-state index contributed by atoms with van der Waals surface area (Å²) in [6, 6.07) is 20.7. The third-order valence-corrected chi connectivity index (χ3v) is 4.26. The quantitative estimate of drug-likeness (QED) is 0.597. The van der Waals surface area contributed by atoms with E-state index in [0.717, 1.165) is 0 Å². The van der Waals surface area contributed by atoms with Crippen LogP contribution in [-0.2, 0) is 0 Å². The fourth-order valence-corrected chi connectivity index (χ4v) is 3.16. The van der Waals surface area contributed by atoms with E-state index >= 15 is 0 Å². The second-order valence-corrected chi connectivity index (χ2v) is 5.52. The van der Waals surface area contributed by atoms with Gasteiger partial charge in [0.15, 0.2) is 0 Å². The van der Waals surface area contributed by atoms with E-state index < -0.39 is 0 Å². The van der Waals surface area contributed by atoms with Gasteiger partial charge < -0.3 is 4.90 Å². The minimum Gasteiger partial charge on any atom is -0.328 e. The van der Waals surface area contributed by atoms with E-state index in [1.54, 1.807) is 4.90 Å². The summed E-state index contributed by atoms with van der Waals surface area (Å²) in [6.45, 7) is 1.37. The number of benzene rings is 2. The molecule has 3 rings (SSSR count). The second-order valence-electron chi connectivity index (χ2n) is 5.19. The van der Waals surface area contributed by atoms with Crippen LogP contribution in [0.2, 0.25) is 0 Å². The van der Waals surface area contributed by atoms with Crippen molar-refractivity contribution in [3.8, 4) is 0 Å². The molecule has 1 saturated heterocycles. The Morgan fingerprint density at radius 2 is 1.25 bits per heavy atom. The summed E-state index contributed by atoms with van der Waals surface area (Å²) in [6.07, 6.45) is 0. The zero-order valence-corrected chi connectivity index (χ0v) is 11.8. The molecule has 0 radical (unpaired) electrons. The Morgan fingerprint density at radius 1 is 0.850 bits per heavy atom. The highest BCUT2D eigenvalue weighted by Gasteiger charge is 2.36. The van der Waals surface area contributed by atoms with E-state index in [-0.39, 0.29) is 5.37 Å². The van der Waals surface area contributed by atoms with Crippen molar-refractivity contribution in [1.82, 2.24) is 4.90 Å². The molecule has 1 fully saturated rings. The molecule has 20 heavy (non-hydrogen) atoms. The van der Waals surface area contributed by atoms with Crippen LogP contribution in [0.25, 0.3) is 0 Å². The topological polar surface area (TPSA) is 20.3 Å². The van der Waals surface area contributed by atoms with E-state index in [4.69, 9.17) is 11.6 Å². The predicted octanol–water partition coefficient (Wildman–Crippen LogP) is 4.23. The molecule has 2 aromatic carbocycles. The molecule has 0 aliphatic carbocycles. The number of halogens is 1. The molecule has 2 atom stereocenters. The number of carbonyl (C=O) groups is 1. The molecule has 102 valence electrons. The van der Waals surface area contributed by atoms with Gasteiger partial charge in [0.05, 0.1) is 0 Å². The van der Waals surface area contributed by atoms with Gasteiger partial charge in [-0.3, -0.25) is 4.79 Å². The first-order chi connectivity index (χ1) is 9.75. The molecule has 0 spiro atoms. The molecular formula is C17H16ClNO. The van der Waals surface area contributed by atoms with Crippen LogP contribution >= 0.6 is 11.6 Å². The molecule has 0 bridgehead atoms. The normalized spacial score (nSPS) is 21.9. The number of likely N-dealkylation sites (tertiary alicyclic amines) is 1. The zero-order valence-electron chi connectivity index (χ0n) is 11.1. The molecule has 0 saturated carbocycles.